The van der Waals surface area contributed by atoms with Crippen molar-refractivity contribution in [3.8, 4) is 17.6 Å². The normalized spacial score (nSPS) is 19.9. The van der Waals surface area contributed by atoms with Crippen molar-refractivity contribution < 1.29 is 18.3 Å². The van der Waals surface area contributed by atoms with Crippen LogP contribution in [0.1, 0.15) is 44.1 Å². The van der Waals surface area contributed by atoms with E-state index in [1.165, 1.54) is 6.07 Å². The van der Waals surface area contributed by atoms with E-state index in [-0.39, 0.29) is 11.9 Å². The molecule has 1 fully saturated rings. The van der Waals surface area contributed by atoms with Crippen LogP contribution in [-0.2, 0) is 5.41 Å². The van der Waals surface area contributed by atoms with Gasteiger partial charge >= 0.3 is 6.61 Å². The number of hydrogen-bond donors (Lipinski definition) is 0. The van der Waals surface area contributed by atoms with Crippen LogP contribution in [-0.4, -0.2) is 12.7 Å². The lowest BCUT2D eigenvalue weighted by atomic mass is 9.79. The van der Waals surface area contributed by atoms with Crippen LogP contribution in [0.25, 0.3) is 0 Å². The molecule has 3 rings (SSSR count). The zero-order chi connectivity index (χ0) is 16.3. The Balaban J connectivity index is 1.91. The van der Waals surface area contributed by atoms with Gasteiger partial charge in [0.25, 0.3) is 0 Å². The Morgan fingerprint density at radius 1 is 1.13 bits per heavy atom. The number of ether oxygens (including phenoxy) is 2. The van der Waals surface area contributed by atoms with Gasteiger partial charge in [-0.2, -0.15) is 14.0 Å². The van der Waals surface area contributed by atoms with Crippen molar-refractivity contribution in [2.75, 3.05) is 0 Å². The number of alkyl halides is 2. The van der Waals surface area contributed by atoms with E-state index < -0.39 is 12.0 Å². The van der Waals surface area contributed by atoms with E-state index in [0.717, 1.165) is 31.2 Å². The Morgan fingerprint density at radius 3 is 2.43 bits per heavy atom. The fraction of sp³-hybridized carbons (Fsp3) is 0.500. The van der Waals surface area contributed by atoms with Gasteiger partial charge < -0.3 is 9.47 Å². The standard InChI is InChI=1S/C18H19F2NO2/c19-17(20)23-15-8-7-13(18(12-21)9-3-4-10-18)11-16(15)22-14-5-1-2-6-14/h3-4,7-8,11,14,17H,1-2,5-6,9-10H2. The summed E-state index contributed by atoms with van der Waals surface area (Å²) in [4.78, 5) is 0. The van der Waals surface area contributed by atoms with Crippen LogP contribution in [0.5, 0.6) is 11.5 Å². The van der Waals surface area contributed by atoms with Gasteiger partial charge in [-0.05, 0) is 56.2 Å². The Labute approximate surface area is 134 Å². The zero-order valence-electron chi connectivity index (χ0n) is 12.8. The molecule has 3 nitrogen and oxygen atoms in total. The fourth-order valence-electron chi connectivity index (χ4n) is 3.32. The summed E-state index contributed by atoms with van der Waals surface area (Å²) < 4.78 is 35.7. The van der Waals surface area contributed by atoms with Crippen molar-refractivity contribution in [1.29, 1.82) is 5.26 Å². The van der Waals surface area contributed by atoms with Crippen LogP contribution in [0, 0.1) is 11.3 Å². The number of nitrogens with zero attached hydrogens (tertiary/aromatic N) is 1. The maximum Gasteiger partial charge on any atom is 0.387 e. The SMILES string of the molecule is N#CC1(c2ccc(OC(F)F)c(OC3CCCC3)c2)CC=CC1. The first-order chi connectivity index (χ1) is 11.1. The number of rotatable bonds is 5. The Morgan fingerprint density at radius 2 is 1.83 bits per heavy atom. The Hall–Kier alpha value is -2.09. The number of nitriles is 1. The molecule has 5 heteroatoms. The molecule has 0 aromatic heterocycles. The molecule has 0 heterocycles. The van der Waals surface area contributed by atoms with Crippen LogP contribution >= 0.6 is 0 Å². The van der Waals surface area contributed by atoms with Gasteiger partial charge in [0.15, 0.2) is 11.5 Å². The molecule has 0 saturated heterocycles. The molecule has 1 aromatic carbocycles. The molecule has 0 bridgehead atoms. The first-order valence-electron chi connectivity index (χ1n) is 7.95. The van der Waals surface area contributed by atoms with Gasteiger partial charge in [-0.15, -0.1) is 0 Å². The molecule has 0 radical (unpaired) electrons. The van der Waals surface area contributed by atoms with Crippen molar-refractivity contribution in [3.05, 3.63) is 35.9 Å². The second kappa shape index (κ2) is 6.57. The second-order valence-electron chi connectivity index (χ2n) is 6.14. The van der Waals surface area contributed by atoms with E-state index in [4.69, 9.17) is 4.74 Å². The van der Waals surface area contributed by atoms with Crippen molar-refractivity contribution in [3.63, 3.8) is 0 Å². The maximum atomic E-state index is 12.6. The third-order valence-corrected chi connectivity index (χ3v) is 4.62. The maximum absolute atomic E-state index is 12.6. The van der Waals surface area contributed by atoms with E-state index >= 15 is 0 Å². The molecular weight excluding hydrogens is 300 g/mol. The minimum absolute atomic E-state index is 0.0324. The third kappa shape index (κ3) is 3.31. The summed E-state index contributed by atoms with van der Waals surface area (Å²) >= 11 is 0. The second-order valence-corrected chi connectivity index (χ2v) is 6.14. The highest BCUT2D eigenvalue weighted by atomic mass is 19.3. The lowest BCUT2D eigenvalue weighted by Crippen LogP contribution is -2.20. The topological polar surface area (TPSA) is 42.2 Å². The van der Waals surface area contributed by atoms with Crippen molar-refractivity contribution in [1.82, 2.24) is 0 Å². The van der Waals surface area contributed by atoms with Crippen LogP contribution in [0.2, 0.25) is 0 Å². The minimum Gasteiger partial charge on any atom is -0.487 e. The molecular formula is C18H19F2NO2. The van der Waals surface area contributed by atoms with E-state index in [9.17, 15) is 14.0 Å². The summed E-state index contributed by atoms with van der Waals surface area (Å²) in [5.74, 6) is 0.353. The average Bonchev–Trinajstić information content (AvgIpc) is 3.20. The Kier molecular flexibility index (Phi) is 4.51. The monoisotopic (exact) mass is 319 g/mol. The van der Waals surface area contributed by atoms with Crippen molar-refractivity contribution in [2.45, 2.75) is 56.7 Å². The molecule has 0 amide bonds. The molecule has 0 atom stereocenters. The molecule has 122 valence electrons. The summed E-state index contributed by atoms with van der Waals surface area (Å²) in [7, 11) is 0. The average molecular weight is 319 g/mol. The lowest BCUT2D eigenvalue weighted by molar-refractivity contribution is -0.0520. The third-order valence-electron chi connectivity index (χ3n) is 4.62. The summed E-state index contributed by atoms with van der Waals surface area (Å²) in [6, 6.07) is 7.25. The van der Waals surface area contributed by atoms with Crippen LogP contribution < -0.4 is 9.47 Å². The van der Waals surface area contributed by atoms with Gasteiger partial charge in [0, 0.05) is 0 Å². The molecule has 0 spiro atoms. The summed E-state index contributed by atoms with van der Waals surface area (Å²) in [5.41, 5.74) is 0.163. The summed E-state index contributed by atoms with van der Waals surface area (Å²) in [5, 5.41) is 9.58. The molecule has 2 aliphatic carbocycles. The Bertz CT molecular complexity index is 622. The van der Waals surface area contributed by atoms with E-state index in [1.54, 1.807) is 12.1 Å². The molecule has 0 N–H and O–H groups in total. The number of hydrogen-bond acceptors (Lipinski definition) is 3. The van der Waals surface area contributed by atoms with Gasteiger partial charge in [-0.25, -0.2) is 0 Å². The highest BCUT2D eigenvalue weighted by Crippen LogP contribution is 2.41. The van der Waals surface area contributed by atoms with Gasteiger partial charge in [0.05, 0.1) is 17.6 Å². The minimum atomic E-state index is -2.90. The zero-order valence-corrected chi connectivity index (χ0v) is 12.8. The predicted octanol–water partition coefficient (Wildman–Crippen LogP) is 4.72. The van der Waals surface area contributed by atoms with Crippen LogP contribution in [0.4, 0.5) is 8.78 Å². The first-order valence-corrected chi connectivity index (χ1v) is 7.95. The molecule has 0 aliphatic heterocycles. The summed E-state index contributed by atoms with van der Waals surface area (Å²) in [6.07, 6.45) is 9.25. The number of benzene rings is 1. The molecule has 23 heavy (non-hydrogen) atoms. The van der Waals surface area contributed by atoms with Gasteiger partial charge in [0.2, 0.25) is 0 Å². The van der Waals surface area contributed by atoms with E-state index in [2.05, 4.69) is 10.8 Å². The number of halogens is 2. The van der Waals surface area contributed by atoms with E-state index in [0.29, 0.717) is 18.6 Å². The van der Waals surface area contributed by atoms with Crippen LogP contribution in [0.15, 0.2) is 30.4 Å². The largest absolute Gasteiger partial charge is 0.487 e. The quantitative estimate of drug-likeness (QED) is 0.737. The summed E-state index contributed by atoms with van der Waals surface area (Å²) in [6.45, 7) is -2.90. The smallest absolute Gasteiger partial charge is 0.387 e. The number of allylic oxidation sites excluding steroid dienone is 2. The predicted molar refractivity (Wildman–Crippen MR) is 81.6 cm³/mol. The van der Waals surface area contributed by atoms with Crippen molar-refractivity contribution in [2.24, 2.45) is 0 Å². The van der Waals surface area contributed by atoms with E-state index in [1.807, 2.05) is 12.2 Å². The fourth-order valence-corrected chi connectivity index (χ4v) is 3.32. The molecule has 1 aromatic rings. The van der Waals surface area contributed by atoms with Crippen LogP contribution in [0.3, 0.4) is 0 Å². The first kappa shape index (κ1) is 15.8. The lowest BCUT2D eigenvalue weighted by Gasteiger charge is -2.23. The molecule has 0 unspecified atom stereocenters. The highest BCUT2D eigenvalue weighted by Gasteiger charge is 2.34. The molecule has 1 saturated carbocycles. The van der Waals surface area contributed by atoms with Gasteiger partial charge in [0.1, 0.15) is 0 Å². The van der Waals surface area contributed by atoms with Crippen molar-refractivity contribution >= 4 is 0 Å². The van der Waals surface area contributed by atoms with Gasteiger partial charge in [-0.3, -0.25) is 0 Å². The van der Waals surface area contributed by atoms with Gasteiger partial charge in [-0.1, -0.05) is 18.2 Å². The highest BCUT2D eigenvalue weighted by molar-refractivity contribution is 5.48. The molecule has 2 aliphatic rings.